The van der Waals surface area contributed by atoms with E-state index in [1.54, 1.807) is 9.80 Å². The normalized spacial score (nSPS) is 14.4. The van der Waals surface area contributed by atoms with Crippen LogP contribution in [0, 0.1) is 0 Å². The van der Waals surface area contributed by atoms with E-state index < -0.39 is 0 Å². The Bertz CT molecular complexity index is 3570. The first-order valence-electron chi connectivity index (χ1n) is 40.8. The van der Waals surface area contributed by atoms with Gasteiger partial charge in [-0.15, -0.1) is 79.4 Å². The van der Waals surface area contributed by atoms with Crippen LogP contribution >= 0.6 is 127 Å². The highest BCUT2D eigenvalue weighted by atomic mass is 32.2. The molecular weight excluding hydrogens is 1470 g/mol. The second-order valence-electron chi connectivity index (χ2n) is 29.0. The van der Waals surface area contributed by atoms with Crippen LogP contribution < -0.4 is 0 Å². The second kappa shape index (κ2) is 46.0. The third kappa shape index (κ3) is 24.9. The van der Waals surface area contributed by atoms with Crippen LogP contribution in [-0.4, -0.2) is 43.3 Å². The average molecular weight is 1590 g/mol. The molecule has 9 rings (SSSR count). The molecule has 562 valence electrons. The minimum absolute atomic E-state index is 0.0438. The number of rotatable bonds is 52. The second-order valence-corrected chi connectivity index (χ2v) is 39.8. The number of amides is 2. The van der Waals surface area contributed by atoms with Gasteiger partial charge in [-0.25, -0.2) is 0 Å². The Morgan fingerprint density at radius 3 is 0.748 bits per heavy atom. The molecule has 9 heterocycles. The lowest BCUT2D eigenvalue weighted by atomic mass is 10.0. The first-order chi connectivity index (χ1) is 50.4. The number of carbonyl (C=O) groups is 2. The third-order valence-corrected chi connectivity index (χ3v) is 32.4. The van der Waals surface area contributed by atoms with Crippen molar-refractivity contribution in [3.8, 4) is 58.5 Å². The Morgan fingerprint density at radius 2 is 0.505 bits per heavy atom. The summed E-state index contributed by atoms with van der Waals surface area (Å²) < 4.78 is 1.34. The molecule has 4 nitrogen and oxygen atoms in total. The summed E-state index contributed by atoms with van der Waals surface area (Å²) in [4.78, 5) is 51.8. The van der Waals surface area contributed by atoms with Crippen molar-refractivity contribution in [1.29, 1.82) is 0 Å². The summed E-state index contributed by atoms with van der Waals surface area (Å²) in [6, 6.07) is 20.4. The maximum Gasteiger partial charge on any atom is 0.266 e. The molecule has 0 saturated carbocycles. The number of nitrogens with zero attached hydrogens (tertiary/aromatic N) is 2. The number of thioether (sulfide) groups is 2. The van der Waals surface area contributed by atoms with E-state index in [4.69, 9.17) is 24.4 Å². The van der Waals surface area contributed by atoms with Crippen LogP contribution in [0.25, 0.3) is 70.7 Å². The molecule has 0 aromatic carbocycles. The third-order valence-electron chi connectivity index (χ3n) is 20.6. The van der Waals surface area contributed by atoms with E-state index in [9.17, 15) is 9.59 Å². The molecule has 0 N–H and O–H groups in total. The quantitative estimate of drug-likeness (QED) is 0.0215. The van der Waals surface area contributed by atoms with Crippen LogP contribution in [0.4, 0.5) is 0 Å². The van der Waals surface area contributed by atoms with Crippen LogP contribution in [0.3, 0.4) is 0 Å². The van der Waals surface area contributed by atoms with Crippen molar-refractivity contribution in [3.05, 3.63) is 101 Å². The molecule has 103 heavy (non-hydrogen) atoms. The van der Waals surface area contributed by atoms with Crippen LogP contribution in [0.1, 0.15) is 330 Å². The fourth-order valence-electron chi connectivity index (χ4n) is 14.5. The summed E-state index contributed by atoms with van der Waals surface area (Å²) in [5.74, 6) is 0.0876. The topological polar surface area (TPSA) is 40.6 Å². The van der Waals surface area contributed by atoms with E-state index >= 15 is 0 Å². The van der Waals surface area contributed by atoms with Gasteiger partial charge < -0.3 is 0 Å². The molecule has 0 bridgehead atoms. The van der Waals surface area contributed by atoms with Gasteiger partial charge in [0.25, 0.3) is 11.8 Å². The highest BCUT2D eigenvalue weighted by Crippen LogP contribution is 2.53. The molecule has 15 heteroatoms. The summed E-state index contributed by atoms with van der Waals surface area (Å²) in [5, 5.41) is 0. The van der Waals surface area contributed by atoms with Crippen molar-refractivity contribution in [3.63, 3.8) is 0 Å². The lowest BCUT2D eigenvalue weighted by Gasteiger charge is -2.09. The van der Waals surface area contributed by atoms with Gasteiger partial charge in [-0.2, -0.15) is 0 Å². The Labute approximate surface area is 671 Å². The van der Waals surface area contributed by atoms with Crippen molar-refractivity contribution in [1.82, 2.24) is 9.80 Å². The van der Waals surface area contributed by atoms with E-state index in [0.29, 0.717) is 21.7 Å². The summed E-state index contributed by atoms with van der Waals surface area (Å²) in [6.07, 6.45) is 57.0. The number of likely N-dealkylation sites (N-methyl/N-ethyl adjacent to an activating group) is 2. The summed E-state index contributed by atoms with van der Waals surface area (Å²) in [5.41, 5.74) is 8.97. The van der Waals surface area contributed by atoms with Crippen molar-refractivity contribution >= 4 is 160 Å². The SMILES string of the molecule is CCCCCCCCc1cc(C=C2SC(=S)N(CC)C2=O)sc1-c1cc(CCCCCCCC)c(-c2cc(CCCCCCCC)c(-c3ccc(-c4sc(-c5sc(-c6sc(C=C7SC(=S)N(CC)C7=O)cc6CCCCCCCC)cc5CCCCCCCC)cc4CCCCCCCC)s3)s2)s1. The number of aryl methyl sites for hydroxylation is 6. The first-order valence-corrected chi connectivity index (χ1v) is 49.0. The molecule has 2 aliphatic rings. The largest absolute Gasteiger partial charge is 0.293 e. The van der Waals surface area contributed by atoms with Gasteiger partial charge in [0.15, 0.2) is 0 Å². The monoisotopic (exact) mass is 1590 g/mol. The lowest BCUT2D eigenvalue weighted by Crippen LogP contribution is -2.27. The number of hydrogen-bond acceptors (Lipinski definition) is 13. The average Bonchev–Trinajstić information content (AvgIpc) is 1.62. The smallest absolute Gasteiger partial charge is 0.266 e. The Hall–Kier alpha value is -2.80. The number of unbranched alkanes of at least 4 members (excludes halogenated alkanes) is 30. The van der Waals surface area contributed by atoms with E-state index in [0.717, 1.165) is 58.1 Å². The van der Waals surface area contributed by atoms with Gasteiger partial charge in [-0.3, -0.25) is 19.4 Å². The summed E-state index contributed by atoms with van der Waals surface area (Å²) >= 11 is 28.4. The summed E-state index contributed by atoms with van der Waals surface area (Å²) in [7, 11) is 0. The fourth-order valence-corrected chi connectivity index (χ4v) is 26.4. The van der Waals surface area contributed by atoms with Gasteiger partial charge in [0, 0.05) is 81.4 Å². The minimum atomic E-state index is 0.0438. The van der Waals surface area contributed by atoms with E-state index in [-0.39, 0.29) is 11.8 Å². The Kier molecular flexibility index (Phi) is 37.6. The van der Waals surface area contributed by atoms with Gasteiger partial charge in [0.1, 0.15) is 8.64 Å². The van der Waals surface area contributed by atoms with Crippen molar-refractivity contribution < 1.29 is 9.59 Å². The number of carbonyl (C=O) groups excluding carboxylic acids is 2. The maximum absolute atomic E-state index is 13.6. The molecule has 0 unspecified atom stereocenters. The molecule has 2 aliphatic heterocycles. The highest BCUT2D eigenvalue weighted by Gasteiger charge is 2.33. The standard InChI is InChI=1S/C88H122N2O2S11/c1-9-17-23-29-35-41-47-63-55-69(61-77-85(91)89(15-7)87(93)102-77)95-81(63)73-59-67(51-45-39-33-27-21-13-5)83(100-73)75-57-65(49-43-37-31-25-19-11-3)79(98-75)71-53-54-72(97-71)80-66(50-44-38-32-26-20-12-4)58-76(99-80)84-68(52-46-40-34-28-22-14-6)60-74(101-84)82-64(48-42-36-30-24-18-10-2)56-70(96-82)62-78-86(92)90(16-8)88(94)103-78/h53-62H,9-52H2,1-8H3. The zero-order chi connectivity index (χ0) is 72.7. The van der Waals surface area contributed by atoms with Crippen LogP contribution in [0.15, 0.2) is 58.3 Å². The molecule has 2 saturated heterocycles. The predicted octanol–water partition coefficient (Wildman–Crippen LogP) is 32.0. The van der Waals surface area contributed by atoms with E-state index in [2.05, 4.69) is 136 Å². The molecule has 0 atom stereocenters. The maximum atomic E-state index is 13.6. The lowest BCUT2D eigenvalue weighted by molar-refractivity contribution is -0.122. The molecule has 0 aliphatic carbocycles. The fraction of sp³-hybridized carbons (Fsp3) is 0.591. The zero-order valence-electron chi connectivity index (χ0n) is 64.1. The molecule has 0 spiro atoms. The molecule has 0 radical (unpaired) electrons. The number of thiophene rings is 7. The molecule has 2 amide bonds. The van der Waals surface area contributed by atoms with Gasteiger partial charge in [-0.1, -0.05) is 282 Å². The van der Waals surface area contributed by atoms with E-state index in [1.165, 1.54) is 347 Å². The first kappa shape index (κ1) is 84.2. The van der Waals surface area contributed by atoms with Gasteiger partial charge in [0.05, 0.1) is 9.81 Å². The molecular formula is C88H122N2O2S11. The van der Waals surface area contributed by atoms with Crippen molar-refractivity contribution in [2.45, 2.75) is 325 Å². The Balaban J connectivity index is 1.11. The number of hydrogen-bond donors (Lipinski definition) is 0. The molecule has 7 aromatic heterocycles. The van der Waals surface area contributed by atoms with Gasteiger partial charge >= 0.3 is 0 Å². The zero-order valence-corrected chi connectivity index (χ0v) is 73.1. The van der Waals surface area contributed by atoms with Crippen molar-refractivity contribution in [2.24, 2.45) is 0 Å². The molecule has 7 aromatic rings. The Morgan fingerprint density at radius 1 is 0.282 bits per heavy atom. The van der Waals surface area contributed by atoms with Crippen molar-refractivity contribution in [2.75, 3.05) is 13.1 Å². The van der Waals surface area contributed by atoms with Crippen LogP contribution in [0.5, 0.6) is 0 Å². The minimum Gasteiger partial charge on any atom is -0.293 e. The van der Waals surface area contributed by atoms with Gasteiger partial charge in [0.2, 0.25) is 0 Å². The van der Waals surface area contributed by atoms with Gasteiger partial charge in [-0.05, 0) is 185 Å². The predicted molar refractivity (Wildman–Crippen MR) is 478 cm³/mol. The van der Waals surface area contributed by atoms with Crippen LogP contribution in [-0.2, 0) is 48.1 Å². The van der Waals surface area contributed by atoms with Crippen LogP contribution in [0.2, 0.25) is 0 Å². The molecule has 2 fully saturated rings. The summed E-state index contributed by atoms with van der Waals surface area (Å²) in [6.45, 7) is 19.2. The number of thiocarbonyl (C=S) groups is 2. The highest BCUT2D eigenvalue weighted by molar-refractivity contribution is 8.27. The van der Waals surface area contributed by atoms with E-state index in [1.807, 2.05) is 59.2 Å².